The van der Waals surface area contributed by atoms with Crippen molar-refractivity contribution in [1.29, 1.82) is 0 Å². The Morgan fingerprint density at radius 1 is 1.23 bits per heavy atom. The van der Waals surface area contributed by atoms with E-state index in [0.29, 0.717) is 18.9 Å². The van der Waals surface area contributed by atoms with Crippen LogP contribution in [-0.2, 0) is 4.74 Å². The summed E-state index contributed by atoms with van der Waals surface area (Å²) in [4.78, 5) is 26.5. The minimum atomic E-state index is -0.470. The van der Waals surface area contributed by atoms with Gasteiger partial charge in [-0.25, -0.2) is 24.4 Å². The van der Waals surface area contributed by atoms with Crippen LogP contribution in [0.1, 0.15) is 39.2 Å². The maximum Gasteiger partial charge on any atom is 0.410 e. The molecule has 0 aromatic carbocycles. The van der Waals surface area contributed by atoms with Gasteiger partial charge in [0.2, 0.25) is 0 Å². The Bertz CT molecular complexity index is 747. The smallest absolute Gasteiger partial charge is 0.410 e. The van der Waals surface area contributed by atoms with Crippen molar-refractivity contribution in [2.45, 2.75) is 52.2 Å². The topological polar surface area (TPSA) is 98.1 Å². The molecular formula is C17H25N7O2. The van der Waals surface area contributed by atoms with Crippen molar-refractivity contribution in [1.82, 2.24) is 29.6 Å². The normalized spacial score (nSPS) is 15.8. The lowest BCUT2D eigenvalue weighted by atomic mass is 10.1. The van der Waals surface area contributed by atoms with Crippen molar-refractivity contribution in [3.63, 3.8) is 0 Å². The first kappa shape index (κ1) is 18.1. The van der Waals surface area contributed by atoms with Gasteiger partial charge in [-0.15, -0.1) is 0 Å². The molecule has 26 heavy (non-hydrogen) atoms. The van der Waals surface area contributed by atoms with E-state index in [1.54, 1.807) is 15.9 Å². The standard InChI is InChI=1S/C17H25N7O2/c1-12-14(19-10-20-15(12)24-11-18-9-21-24)22-13-5-7-23(8-6-13)16(25)26-17(2,3)4/h9-11,13H,5-8H2,1-4H3,(H,19,20,22). The molecule has 3 heterocycles. The molecule has 0 aliphatic carbocycles. The molecule has 3 rings (SSSR count). The average Bonchev–Trinajstić information content (AvgIpc) is 3.10. The molecule has 1 amide bonds. The molecule has 9 nitrogen and oxygen atoms in total. The van der Waals surface area contributed by atoms with Gasteiger partial charge in [-0.1, -0.05) is 0 Å². The number of rotatable bonds is 3. The number of piperidine rings is 1. The Labute approximate surface area is 152 Å². The SMILES string of the molecule is Cc1c(NC2CCN(C(=O)OC(C)(C)C)CC2)ncnc1-n1cncn1. The molecule has 1 fully saturated rings. The summed E-state index contributed by atoms with van der Waals surface area (Å²) in [5.41, 5.74) is 0.440. The number of aromatic nitrogens is 5. The van der Waals surface area contributed by atoms with Crippen molar-refractivity contribution in [2.75, 3.05) is 18.4 Å². The van der Waals surface area contributed by atoms with Gasteiger partial charge >= 0.3 is 6.09 Å². The van der Waals surface area contributed by atoms with Gasteiger partial charge in [-0.2, -0.15) is 5.10 Å². The third kappa shape index (κ3) is 4.27. The Kier molecular flexibility index (Phi) is 5.06. The summed E-state index contributed by atoms with van der Waals surface area (Å²) in [7, 11) is 0. The Balaban J connectivity index is 1.60. The van der Waals surface area contributed by atoms with Crippen LogP contribution in [0.15, 0.2) is 19.0 Å². The van der Waals surface area contributed by atoms with Gasteiger partial charge in [0.25, 0.3) is 0 Å². The number of carbonyl (C=O) groups excluding carboxylic acids is 1. The van der Waals surface area contributed by atoms with Crippen molar-refractivity contribution in [2.24, 2.45) is 0 Å². The van der Waals surface area contributed by atoms with Crippen LogP contribution in [0, 0.1) is 6.92 Å². The van der Waals surface area contributed by atoms with Crippen molar-refractivity contribution >= 4 is 11.9 Å². The van der Waals surface area contributed by atoms with E-state index in [9.17, 15) is 4.79 Å². The van der Waals surface area contributed by atoms with Crippen LogP contribution in [-0.4, -0.2) is 60.5 Å². The lowest BCUT2D eigenvalue weighted by Crippen LogP contribution is -2.44. The molecule has 0 unspecified atom stereocenters. The summed E-state index contributed by atoms with van der Waals surface area (Å²) < 4.78 is 7.06. The van der Waals surface area contributed by atoms with Gasteiger partial charge in [0, 0.05) is 24.7 Å². The predicted molar refractivity (Wildman–Crippen MR) is 96.1 cm³/mol. The highest BCUT2D eigenvalue weighted by atomic mass is 16.6. The van der Waals surface area contributed by atoms with Crippen LogP contribution in [0.2, 0.25) is 0 Å². The van der Waals surface area contributed by atoms with Crippen LogP contribution in [0.5, 0.6) is 0 Å². The largest absolute Gasteiger partial charge is 0.444 e. The number of amides is 1. The van der Waals surface area contributed by atoms with E-state index in [0.717, 1.165) is 24.2 Å². The second kappa shape index (κ2) is 7.27. The van der Waals surface area contributed by atoms with Crippen LogP contribution in [0.4, 0.5) is 10.6 Å². The predicted octanol–water partition coefficient (Wildman–Crippen LogP) is 2.18. The fraction of sp³-hybridized carbons (Fsp3) is 0.588. The highest BCUT2D eigenvalue weighted by molar-refractivity contribution is 5.68. The van der Waals surface area contributed by atoms with E-state index < -0.39 is 5.60 Å². The number of nitrogens with zero attached hydrogens (tertiary/aromatic N) is 6. The second-order valence-electron chi connectivity index (χ2n) is 7.40. The number of nitrogens with one attached hydrogen (secondary N) is 1. The number of ether oxygens (including phenoxy) is 1. The van der Waals surface area contributed by atoms with Crippen LogP contribution in [0.25, 0.3) is 5.82 Å². The van der Waals surface area contributed by atoms with Gasteiger partial charge in [-0.05, 0) is 40.5 Å². The molecule has 1 aliphatic rings. The van der Waals surface area contributed by atoms with Crippen LogP contribution < -0.4 is 5.32 Å². The molecule has 2 aromatic heterocycles. The molecule has 0 spiro atoms. The van der Waals surface area contributed by atoms with Crippen molar-refractivity contribution in [3.05, 3.63) is 24.5 Å². The Hall–Kier alpha value is -2.71. The number of hydrogen-bond acceptors (Lipinski definition) is 7. The minimum Gasteiger partial charge on any atom is -0.444 e. The molecule has 0 atom stereocenters. The molecule has 1 aliphatic heterocycles. The van der Waals surface area contributed by atoms with Crippen molar-refractivity contribution in [3.8, 4) is 5.82 Å². The number of anilines is 1. The molecule has 0 saturated carbocycles. The first-order valence-corrected chi connectivity index (χ1v) is 8.74. The first-order valence-electron chi connectivity index (χ1n) is 8.74. The molecule has 0 bridgehead atoms. The van der Waals surface area contributed by atoms with E-state index in [1.807, 2.05) is 27.7 Å². The fourth-order valence-corrected chi connectivity index (χ4v) is 2.86. The zero-order valence-electron chi connectivity index (χ0n) is 15.6. The third-order valence-electron chi connectivity index (χ3n) is 4.18. The van der Waals surface area contributed by atoms with E-state index >= 15 is 0 Å². The summed E-state index contributed by atoms with van der Waals surface area (Å²) in [6.45, 7) is 8.91. The highest BCUT2D eigenvalue weighted by Crippen LogP contribution is 2.21. The number of hydrogen-bond donors (Lipinski definition) is 1. The Morgan fingerprint density at radius 2 is 1.96 bits per heavy atom. The second-order valence-corrected chi connectivity index (χ2v) is 7.40. The maximum absolute atomic E-state index is 12.2. The van der Waals surface area contributed by atoms with Gasteiger partial charge in [0.1, 0.15) is 30.4 Å². The number of carbonyl (C=O) groups is 1. The van der Waals surface area contributed by atoms with Crippen molar-refractivity contribution < 1.29 is 9.53 Å². The van der Waals surface area contributed by atoms with Crippen LogP contribution in [0.3, 0.4) is 0 Å². The van der Waals surface area contributed by atoms with E-state index in [2.05, 4.69) is 25.4 Å². The highest BCUT2D eigenvalue weighted by Gasteiger charge is 2.27. The summed E-state index contributed by atoms with van der Waals surface area (Å²) >= 11 is 0. The summed E-state index contributed by atoms with van der Waals surface area (Å²) in [6.07, 6.45) is 6.02. The maximum atomic E-state index is 12.2. The zero-order valence-corrected chi connectivity index (χ0v) is 15.6. The summed E-state index contributed by atoms with van der Waals surface area (Å²) in [5.74, 6) is 1.48. The van der Waals surface area contributed by atoms with Gasteiger partial charge < -0.3 is 15.0 Å². The third-order valence-corrected chi connectivity index (χ3v) is 4.18. The van der Waals surface area contributed by atoms with E-state index in [-0.39, 0.29) is 12.1 Å². The van der Waals surface area contributed by atoms with E-state index in [1.165, 1.54) is 12.7 Å². The molecule has 9 heteroatoms. The van der Waals surface area contributed by atoms with Gasteiger partial charge in [0.15, 0.2) is 5.82 Å². The summed E-state index contributed by atoms with van der Waals surface area (Å²) in [6, 6.07) is 0.242. The lowest BCUT2D eigenvalue weighted by Gasteiger charge is -2.34. The van der Waals surface area contributed by atoms with Gasteiger partial charge in [0.05, 0.1) is 0 Å². The Morgan fingerprint density at radius 3 is 2.58 bits per heavy atom. The fourth-order valence-electron chi connectivity index (χ4n) is 2.86. The summed E-state index contributed by atoms with van der Waals surface area (Å²) in [5, 5.41) is 7.59. The number of likely N-dealkylation sites (tertiary alicyclic amines) is 1. The zero-order chi connectivity index (χ0) is 18.7. The average molecular weight is 359 g/mol. The molecule has 0 radical (unpaired) electrons. The molecule has 2 aromatic rings. The van der Waals surface area contributed by atoms with Gasteiger partial charge in [-0.3, -0.25) is 0 Å². The molecule has 1 N–H and O–H groups in total. The molecule has 140 valence electrons. The monoisotopic (exact) mass is 359 g/mol. The van der Waals surface area contributed by atoms with Crippen LogP contribution >= 0.6 is 0 Å². The molecular weight excluding hydrogens is 334 g/mol. The first-order chi connectivity index (χ1) is 12.3. The molecule has 1 saturated heterocycles. The quantitative estimate of drug-likeness (QED) is 0.897. The lowest BCUT2D eigenvalue weighted by molar-refractivity contribution is 0.0210. The van der Waals surface area contributed by atoms with E-state index in [4.69, 9.17) is 4.74 Å². The minimum absolute atomic E-state index is 0.242.